The number of rotatable bonds is 11. The molecule has 1 aromatic heterocycles. The number of hydrogen-bond donors (Lipinski definition) is 2. The highest BCUT2D eigenvalue weighted by molar-refractivity contribution is 5.81. The summed E-state index contributed by atoms with van der Waals surface area (Å²) in [7, 11) is 0. The maximum absolute atomic E-state index is 14.0. The predicted molar refractivity (Wildman–Crippen MR) is 173 cm³/mol. The molecule has 1 saturated heterocycles. The van der Waals surface area contributed by atoms with E-state index in [1.807, 2.05) is 34.6 Å². The van der Waals surface area contributed by atoms with Crippen molar-refractivity contribution in [3.05, 3.63) is 11.9 Å². The van der Waals surface area contributed by atoms with Gasteiger partial charge < -0.3 is 34.6 Å². The van der Waals surface area contributed by atoms with Gasteiger partial charge in [-0.3, -0.25) is 4.79 Å². The first-order valence-corrected chi connectivity index (χ1v) is 16.3. The molecule has 2 N–H and O–H groups in total. The summed E-state index contributed by atoms with van der Waals surface area (Å²) in [6.45, 7) is 22.1. The maximum atomic E-state index is 14.0. The Hall–Kier alpha value is -3.58. The summed E-state index contributed by atoms with van der Waals surface area (Å²) in [6.07, 6.45) is 2.71. The van der Waals surface area contributed by atoms with Gasteiger partial charge >= 0.3 is 18.3 Å². The smallest absolute Gasteiger partial charge is 0.410 e. The lowest BCUT2D eigenvalue weighted by Gasteiger charge is -2.37. The minimum absolute atomic E-state index is 0.0201. The minimum Gasteiger partial charge on any atom is -0.444 e. The normalized spacial score (nSPS) is 16.2. The third kappa shape index (κ3) is 13.4. The SMILES string of the molecule is CC[C@@H](C)C(NC(=O)OC(C)(C)C)c1cn([C@@H](CCCCNC(=O)OC(C)(C)C)C(=O)N2CCN(C(=O)OC(C)(C)C)CC2)nn1. The molecule has 1 unspecified atom stereocenters. The Labute approximate surface area is 274 Å². The van der Waals surface area contributed by atoms with Crippen LogP contribution in [0.5, 0.6) is 0 Å². The molecule has 2 heterocycles. The highest BCUT2D eigenvalue weighted by Crippen LogP contribution is 2.26. The van der Waals surface area contributed by atoms with Gasteiger partial charge in [0.25, 0.3) is 0 Å². The van der Waals surface area contributed by atoms with Crippen molar-refractivity contribution >= 4 is 24.2 Å². The van der Waals surface area contributed by atoms with E-state index in [1.165, 1.54) is 0 Å². The number of piperazine rings is 1. The number of unbranched alkanes of at least 4 members (excludes halogenated alkanes) is 1. The number of aromatic nitrogens is 3. The average Bonchev–Trinajstić information content (AvgIpc) is 3.39. The Balaban J connectivity index is 2.20. The topological polar surface area (TPSA) is 157 Å². The van der Waals surface area contributed by atoms with Gasteiger partial charge in [-0.25, -0.2) is 19.1 Å². The van der Waals surface area contributed by atoms with E-state index in [0.717, 1.165) is 6.42 Å². The fourth-order valence-corrected chi connectivity index (χ4v) is 4.75. The molecular weight excluding hydrogens is 594 g/mol. The van der Waals surface area contributed by atoms with E-state index in [0.29, 0.717) is 57.7 Å². The van der Waals surface area contributed by atoms with Crippen molar-refractivity contribution < 1.29 is 33.4 Å². The van der Waals surface area contributed by atoms with Crippen LogP contribution in [-0.4, -0.2) is 98.5 Å². The molecule has 14 heteroatoms. The van der Waals surface area contributed by atoms with Crippen LogP contribution >= 0.6 is 0 Å². The Morgan fingerprint density at radius 3 is 1.91 bits per heavy atom. The van der Waals surface area contributed by atoms with Crippen molar-refractivity contribution in [1.82, 2.24) is 35.4 Å². The fourth-order valence-electron chi connectivity index (χ4n) is 4.75. The van der Waals surface area contributed by atoms with Gasteiger partial charge in [0.2, 0.25) is 5.91 Å². The van der Waals surface area contributed by atoms with Crippen molar-refractivity contribution in [1.29, 1.82) is 0 Å². The third-order valence-corrected chi connectivity index (χ3v) is 7.15. The van der Waals surface area contributed by atoms with Crippen molar-refractivity contribution in [2.45, 2.75) is 131 Å². The van der Waals surface area contributed by atoms with E-state index >= 15 is 0 Å². The molecule has 14 nitrogen and oxygen atoms in total. The van der Waals surface area contributed by atoms with Crippen LogP contribution in [0.3, 0.4) is 0 Å². The Morgan fingerprint density at radius 1 is 0.826 bits per heavy atom. The van der Waals surface area contributed by atoms with Gasteiger partial charge in [0.15, 0.2) is 0 Å². The molecule has 1 fully saturated rings. The highest BCUT2D eigenvalue weighted by atomic mass is 16.6. The Kier molecular flexibility index (Phi) is 13.7. The molecule has 0 aromatic carbocycles. The van der Waals surface area contributed by atoms with Gasteiger partial charge in [0.05, 0.1) is 12.2 Å². The van der Waals surface area contributed by atoms with Crippen LogP contribution in [-0.2, 0) is 19.0 Å². The number of carbonyl (C=O) groups is 4. The molecule has 0 radical (unpaired) electrons. The van der Waals surface area contributed by atoms with Gasteiger partial charge in [0.1, 0.15) is 28.5 Å². The number of hydrogen-bond acceptors (Lipinski definition) is 9. The zero-order valence-electron chi connectivity index (χ0n) is 29.8. The third-order valence-electron chi connectivity index (χ3n) is 7.15. The zero-order chi connectivity index (χ0) is 34.9. The first-order chi connectivity index (χ1) is 21.2. The molecule has 46 heavy (non-hydrogen) atoms. The summed E-state index contributed by atoms with van der Waals surface area (Å²) in [5, 5.41) is 14.4. The molecule has 3 atom stereocenters. The van der Waals surface area contributed by atoms with Crippen LogP contribution < -0.4 is 10.6 Å². The molecule has 4 amide bonds. The summed E-state index contributed by atoms with van der Waals surface area (Å²) < 4.78 is 17.9. The molecule has 2 rings (SSSR count). The first-order valence-electron chi connectivity index (χ1n) is 16.3. The van der Waals surface area contributed by atoms with Crippen LogP contribution in [0.15, 0.2) is 6.20 Å². The molecular formula is C32H57N7O7. The quantitative estimate of drug-likeness (QED) is 0.242. The van der Waals surface area contributed by atoms with Crippen LogP contribution in [0.4, 0.5) is 14.4 Å². The largest absolute Gasteiger partial charge is 0.444 e. The lowest BCUT2D eigenvalue weighted by molar-refractivity contribution is -0.137. The minimum atomic E-state index is -0.671. The van der Waals surface area contributed by atoms with Crippen LogP contribution in [0.1, 0.15) is 120 Å². The first kappa shape index (κ1) is 38.6. The predicted octanol–water partition coefficient (Wildman–Crippen LogP) is 5.21. The summed E-state index contributed by atoms with van der Waals surface area (Å²) in [6, 6.07) is -1.14. The fraction of sp³-hybridized carbons (Fsp3) is 0.812. The number of nitrogens with zero attached hydrogens (tertiary/aromatic N) is 5. The molecule has 1 aromatic rings. The van der Waals surface area contributed by atoms with E-state index < -0.39 is 47.2 Å². The van der Waals surface area contributed by atoms with Crippen molar-refractivity contribution in [2.24, 2.45) is 5.92 Å². The lowest BCUT2D eigenvalue weighted by Crippen LogP contribution is -2.53. The summed E-state index contributed by atoms with van der Waals surface area (Å²) >= 11 is 0. The van der Waals surface area contributed by atoms with Crippen molar-refractivity contribution in [2.75, 3.05) is 32.7 Å². The molecule has 1 aliphatic heterocycles. The molecule has 0 bridgehead atoms. The maximum Gasteiger partial charge on any atom is 0.410 e. The van der Waals surface area contributed by atoms with Crippen LogP contribution in [0.25, 0.3) is 0 Å². The van der Waals surface area contributed by atoms with Crippen molar-refractivity contribution in [3.8, 4) is 0 Å². The molecule has 0 aliphatic carbocycles. The molecule has 0 spiro atoms. The van der Waals surface area contributed by atoms with E-state index in [-0.39, 0.29) is 11.8 Å². The summed E-state index contributed by atoms with van der Waals surface area (Å²) in [4.78, 5) is 54.6. The van der Waals surface area contributed by atoms with Gasteiger partial charge in [0, 0.05) is 32.7 Å². The molecule has 262 valence electrons. The van der Waals surface area contributed by atoms with Crippen molar-refractivity contribution in [3.63, 3.8) is 0 Å². The highest BCUT2D eigenvalue weighted by Gasteiger charge is 2.33. The Bertz CT molecular complexity index is 1160. The van der Waals surface area contributed by atoms with E-state index in [1.54, 1.807) is 62.2 Å². The Morgan fingerprint density at radius 2 is 1.37 bits per heavy atom. The number of alkyl carbamates (subject to hydrolysis) is 2. The second-order valence-electron chi connectivity index (χ2n) is 14.9. The summed E-state index contributed by atoms with van der Waals surface area (Å²) in [5.41, 5.74) is -1.33. The standard InChI is InChI=1S/C32H57N7O7/c1-12-22(2)25(34-28(42)45-31(6,7)8)23-21-39(36-35-23)24(15-13-14-16-33-27(41)44-30(3,4)5)26(40)37-17-19-38(20-18-37)29(43)46-32(9,10)11/h21-22,24-25H,12-20H2,1-11H3,(H,33,41)(H,34,42)/t22-,24+,25?/m1/s1. The van der Waals surface area contributed by atoms with Crippen LogP contribution in [0.2, 0.25) is 0 Å². The molecule has 0 saturated carbocycles. The monoisotopic (exact) mass is 651 g/mol. The van der Waals surface area contributed by atoms with E-state index in [4.69, 9.17) is 14.2 Å². The molecule has 1 aliphatic rings. The number of ether oxygens (including phenoxy) is 3. The van der Waals surface area contributed by atoms with Gasteiger partial charge in [-0.05, 0) is 87.5 Å². The lowest BCUT2D eigenvalue weighted by atomic mass is 9.97. The summed E-state index contributed by atoms with van der Waals surface area (Å²) in [5.74, 6) is -0.118. The van der Waals surface area contributed by atoms with Crippen LogP contribution in [0, 0.1) is 5.92 Å². The second kappa shape index (κ2) is 16.3. The van der Waals surface area contributed by atoms with E-state index in [2.05, 4.69) is 20.9 Å². The van der Waals surface area contributed by atoms with Gasteiger partial charge in [-0.1, -0.05) is 25.5 Å². The average molecular weight is 652 g/mol. The number of carbonyl (C=O) groups excluding carboxylic acids is 4. The number of nitrogens with one attached hydrogen (secondary N) is 2. The second-order valence-corrected chi connectivity index (χ2v) is 14.9. The van der Waals surface area contributed by atoms with E-state index in [9.17, 15) is 19.2 Å². The van der Waals surface area contributed by atoms with Gasteiger partial charge in [-0.15, -0.1) is 5.10 Å². The zero-order valence-corrected chi connectivity index (χ0v) is 29.8. The number of amides is 4. The van der Waals surface area contributed by atoms with Gasteiger partial charge in [-0.2, -0.15) is 0 Å².